The molecule has 40 heavy (non-hydrogen) atoms. The van der Waals surface area contributed by atoms with Crippen molar-refractivity contribution < 1.29 is 14.6 Å². The molecule has 4 aromatic rings. The molecule has 1 amide bonds. The van der Waals surface area contributed by atoms with Gasteiger partial charge in [0.05, 0.1) is 33.2 Å². The number of nitrogens with zero attached hydrogens (tertiary/aromatic N) is 3. The predicted octanol–water partition coefficient (Wildman–Crippen LogP) is 6.07. The second kappa shape index (κ2) is 12.5. The van der Waals surface area contributed by atoms with Crippen molar-refractivity contribution in [2.75, 3.05) is 17.2 Å². The molecule has 0 saturated heterocycles. The molecule has 9 nitrogen and oxygen atoms in total. The molecule has 2 aromatic carbocycles. The topological polar surface area (TPSA) is 132 Å². The molecular weight excluding hydrogens is 528 g/mol. The maximum atomic E-state index is 12.5. The fourth-order valence-corrected chi connectivity index (χ4v) is 3.96. The van der Waals surface area contributed by atoms with Crippen LogP contribution in [0.1, 0.15) is 32.0 Å². The molecule has 2 heterocycles. The highest BCUT2D eigenvalue weighted by Gasteiger charge is 2.15. The molecule has 10 heteroatoms. The van der Waals surface area contributed by atoms with Gasteiger partial charge in [0, 0.05) is 47.7 Å². The molecule has 0 radical (unpaired) electrons. The highest BCUT2D eigenvalue weighted by atomic mass is 35.5. The summed E-state index contributed by atoms with van der Waals surface area (Å²) in [7, 11) is 0. The standard InChI is InChI=1S/C30H29ClN6O3/c1-30(2,3)35-12-6-8-28(39)37-25-14-22-24(15-26(25)38)34-17-19(16-32)29(22)36-20-9-10-27(23(31)13-20)40-18-21-7-4-5-11-33-21/h4-11,13-15,17,35,38H,12,18H2,1-3H3,(H,34,36)(H,37,39)/b8-6+. The van der Waals surface area contributed by atoms with Gasteiger partial charge >= 0.3 is 0 Å². The van der Waals surface area contributed by atoms with Gasteiger partial charge in [-0.25, -0.2) is 0 Å². The summed E-state index contributed by atoms with van der Waals surface area (Å²) in [5.74, 6) is -0.0707. The first-order valence-corrected chi connectivity index (χ1v) is 12.9. The zero-order valence-corrected chi connectivity index (χ0v) is 23.1. The fraction of sp³-hybridized carbons (Fsp3) is 0.200. The van der Waals surface area contributed by atoms with Crippen LogP contribution in [0.5, 0.6) is 11.5 Å². The molecule has 0 atom stereocenters. The third-order valence-electron chi connectivity index (χ3n) is 5.69. The van der Waals surface area contributed by atoms with E-state index in [1.807, 2.05) is 39.0 Å². The second-order valence-electron chi connectivity index (χ2n) is 9.95. The minimum absolute atomic E-state index is 0.0799. The van der Waals surface area contributed by atoms with Crippen LogP contribution in [-0.4, -0.2) is 33.1 Å². The highest BCUT2D eigenvalue weighted by molar-refractivity contribution is 6.32. The number of pyridine rings is 2. The van der Waals surface area contributed by atoms with Gasteiger partial charge in [-0.05, 0) is 57.2 Å². The zero-order chi connectivity index (χ0) is 28.7. The first-order chi connectivity index (χ1) is 19.1. The Kier molecular flexibility index (Phi) is 8.84. The number of aromatic hydroxyl groups is 1. The van der Waals surface area contributed by atoms with Crippen LogP contribution in [0.15, 0.2) is 73.1 Å². The van der Waals surface area contributed by atoms with E-state index in [0.717, 1.165) is 5.69 Å². The number of phenols is 1. The van der Waals surface area contributed by atoms with Gasteiger partial charge in [0.2, 0.25) is 5.91 Å². The summed E-state index contributed by atoms with van der Waals surface area (Å²) in [6, 6.07) is 15.9. The normalized spacial score (nSPS) is 11.4. The fourth-order valence-electron chi connectivity index (χ4n) is 3.73. The lowest BCUT2D eigenvalue weighted by Gasteiger charge is -2.18. The summed E-state index contributed by atoms with van der Waals surface area (Å²) in [4.78, 5) is 21.0. The van der Waals surface area contributed by atoms with Crippen LogP contribution < -0.4 is 20.7 Å². The van der Waals surface area contributed by atoms with Gasteiger partial charge in [-0.2, -0.15) is 5.26 Å². The van der Waals surface area contributed by atoms with Crippen molar-refractivity contribution in [3.05, 3.63) is 89.4 Å². The van der Waals surface area contributed by atoms with E-state index in [9.17, 15) is 15.2 Å². The van der Waals surface area contributed by atoms with Gasteiger partial charge in [-0.1, -0.05) is 23.7 Å². The molecule has 0 unspecified atom stereocenters. The maximum absolute atomic E-state index is 12.5. The van der Waals surface area contributed by atoms with E-state index < -0.39 is 5.91 Å². The number of amides is 1. The lowest BCUT2D eigenvalue weighted by atomic mass is 10.1. The van der Waals surface area contributed by atoms with E-state index in [2.05, 4.69) is 32.0 Å². The van der Waals surface area contributed by atoms with Crippen molar-refractivity contribution in [1.29, 1.82) is 5.26 Å². The number of rotatable bonds is 9. The molecular formula is C30H29ClN6O3. The summed E-state index contributed by atoms with van der Waals surface area (Å²) in [6.45, 7) is 6.87. The number of nitrogens with one attached hydrogen (secondary N) is 3. The smallest absolute Gasteiger partial charge is 0.248 e. The van der Waals surface area contributed by atoms with Crippen molar-refractivity contribution in [3.63, 3.8) is 0 Å². The van der Waals surface area contributed by atoms with Crippen LogP contribution in [0.3, 0.4) is 0 Å². The molecule has 0 aliphatic heterocycles. The number of benzene rings is 2. The van der Waals surface area contributed by atoms with Gasteiger partial charge in [0.1, 0.15) is 24.2 Å². The van der Waals surface area contributed by atoms with Crippen molar-refractivity contribution in [2.45, 2.75) is 32.9 Å². The first-order valence-electron chi connectivity index (χ1n) is 12.5. The van der Waals surface area contributed by atoms with Gasteiger partial charge < -0.3 is 25.8 Å². The maximum Gasteiger partial charge on any atom is 0.248 e. The Labute approximate surface area is 237 Å². The quantitative estimate of drug-likeness (QED) is 0.144. The van der Waals surface area contributed by atoms with E-state index >= 15 is 0 Å². The van der Waals surface area contributed by atoms with Crippen LogP contribution in [-0.2, 0) is 11.4 Å². The Balaban J connectivity index is 1.56. The molecule has 204 valence electrons. The number of nitriles is 1. The van der Waals surface area contributed by atoms with Crippen molar-refractivity contribution >= 4 is 45.5 Å². The van der Waals surface area contributed by atoms with Crippen molar-refractivity contribution in [3.8, 4) is 17.6 Å². The lowest BCUT2D eigenvalue weighted by molar-refractivity contribution is -0.111. The average Bonchev–Trinajstić information content (AvgIpc) is 2.91. The average molecular weight is 557 g/mol. The number of aromatic nitrogens is 2. The minimum Gasteiger partial charge on any atom is -0.506 e. The zero-order valence-electron chi connectivity index (χ0n) is 22.3. The minimum atomic E-state index is -0.405. The molecule has 0 saturated carbocycles. The third kappa shape index (κ3) is 7.47. The number of anilines is 3. The molecule has 2 aromatic heterocycles. The number of carbonyl (C=O) groups is 1. The van der Waals surface area contributed by atoms with E-state index in [0.29, 0.717) is 39.6 Å². The summed E-state index contributed by atoms with van der Waals surface area (Å²) in [5.41, 5.74) is 2.63. The Hall–Kier alpha value is -4.65. The number of hydrogen-bond acceptors (Lipinski definition) is 8. The van der Waals surface area contributed by atoms with Gasteiger partial charge in [0.25, 0.3) is 0 Å². The number of ether oxygens (including phenoxy) is 1. The van der Waals surface area contributed by atoms with Crippen LogP contribution in [0.2, 0.25) is 5.02 Å². The predicted molar refractivity (Wildman–Crippen MR) is 157 cm³/mol. The Morgan fingerprint density at radius 2 is 2.00 bits per heavy atom. The Bertz CT molecular complexity index is 1590. The largest absolute Gasteiger partial charge is 0.506 e. The molecule has 0 spiro atoms. The molecule has 0 aliphatic carbocycles. The summed E-state index contributed by atoms with van der Waals surface area (Å²) in [6.07, 6.45) is 6.21. The van der Waals surface area contributed by atoms with Crippen LogP contribution >= 0.6 is 11.6 Å². The van der Waals surface area contributed by atoms with Crippen molar-refractivity contribution in [2.24, 2.45) is 0 Å². The van der Waals surface area contributed by atoms with Crippen LogP contribution in [0, 0.1) is 11.3 Å². The van der Waals surface area contributed by atoms with E-state index in [1.54, 1.807) is 36.5 Å². The number of halogens is 1. The van der Waals surface area contributed by atoms with Gasteiger partial charge in [-0.3, -0.25) is 14.8 Å². The molecule has 0 fully saturated rings. The van der Waals surface area contributed by atoms with E-state index in [-0.39, 0.29) is 29.1 Å². The lowest BCUT2D eigenvalue weighted by Crippen LogP contribution is -2.35. The summed E-state index contributed by atoms with van der Waals surface area (Å²) < 4.78 is 5.80. The number of phenolic OH excluding ortho intramolecular Hbond substituents is 1. The molecule has 4 rings (SSSR count). The first kappa shape index (κ1) is 28.4. The summed E-state index contributed by atoms with van der Waals surface area (Å²) >= 11 is 6.48. The number of carbonyl (C=O) groups excluding carboxylic acids is 1. The highest BCUT2D eigenvalue weighted by Crippen LogP contribution is 2.36. The number of hydrogen-bond donors (Lipinski definition) is 4. The monoisotopic (exact) mass is 556 g/mol. The SMILES string of the molecule is CC(C)(C)NC/C=C/C(=O)Nc1cc2c(Nc3ccc(OCc4ccccn4)c(Cl)c3)c(C#N)cnc2cc1O. The van der Waals surface area contributed by atoms with Gasteiger partial charge in [0.15, 0.2) is 0 Å². The summed E-state index contributed by atoms with van der Waals surface area (Å²) in [5, 5.41) is 30.4. The van der Waals surface area contributed by atoms with E-state index in [4.69, 9.17) is 16.3 Å². The van der Waals surface area contributed by atoms with E-state index in [1.165, 1.54) is 18.3 Å². The van der Waals surface area contributed by atoms with Crippen molar-refractivity contribution in [1.82, 2.24) is 15.3 Å². The Morgan fingerprint density at radius 3 is 2.70 bits per heavy atom. The Morgan fingerprint density at radius 1 is 1.18 bits per heavy atom. The third-order valence-corrected chi connectivity index (χ3v) is 5.98. The molecule has 4 N–H and O–H groups in total. The molecule has 0 bridgehead atoms. The van der Waals surface area contributed by atoms with Crippen LogP contribution in [0.4, 0.5) is 17.1 Å². The van der Waals surface area contributed by atoms with Gasteiger partial charge in [-0.15, -0.1) is 0 Å². The second-order valence-corrected chi connectivity index (χ2v) is 10.4. The number of fused-ring (bicyclic) bond motifs is 1. The van der Waals surface area contributed by atoms with Crippen LogP contribution in [0.25, 0.3) is 10.9 Å². The molecule has 0 aliphatic rings.